The largest absolute Gasteiger partial charge is 0.376 e. The molecule has 1 aliphatic rings. The van der Waals surface area contributed by atoms with Crippen LogP contribution in [-0.4, -0.2) is 51.5 Å². The van der Waals surface area contributed by atoms with Crippen LogP contribution in [0.4, 0.5) is 0 Å². The highest BCUT2D eigenvalue weighted by Crippen LogP contribution is 2.10. The van der Waals surface area contributed by atoms with E-state index in [-0.39, 0.29) is 6.10 Å². The molecule has 0 spiro atoms. The molecule has 2 aromatic heterocycles. The van der Waals surface area contributed by atoms with E-state index in [9.17, 15) is 0 Å². The van der Waals surface area contributed by atoms with Crippen LogP contribution < -0.4 is 10.6 Å². The zero-order valence-corrected chi connectivity index (χ0v) is 15.3. The van der Waals surface area contributed by atoms with Crippen molar-refractivity contribution < 1.29 is 4.74 Å². The Morgan fingerprint density at radius 1 is 1.38 bits per heavy atom. The summed E-state index contributed by atoms with van der Waals surface area (Å²) in [5.41, 5.74) is 0.942. The first-order chi connectivity index (χ1) is 12.8. The van der Waals surface area contributed by atoms with E-state index in [0.29, 0.717) is 6.54 Å². The monoisotopic (exact) mass is 357 g/mol. The first-order valence-electron chi connectivity index (χ1n) is 9.25. The average molecular weight is 357 g/mol. The van der Waals surface area contributed by atoms with Crippen molar-refractivity contribution in [2.45, 2.75) is 45.4 Å². The van der Waals surface area contributed by atoms with Gasteiger partial charge in [-0.2, -0.15) is 0 Å². The third-order valence-corrected chi connectivity index (χ3v) is 4.30. The zero-order valence-electron chi connectivity index (χ0n) is 15.3. The maximum absolute atomic E-state index is 5.68. The number of ether oxygens (including phenoxy) is 1. The Hall–Kier alpha value is -2.48. The van der Waals surface area contributed by atoms with Crippen LogP contribution in [0, 0.1) is 0 Å². The van der Waals surface area contributed by atoms with Crippen LogP contribution in [-0.2, 0) is 24.2 Å². The second-order valence-electron chi connectivity index (χ2n) is 6.22. The van der Waals surface area contributed by atoms with E-state index in [4.69, 9.17) is 4.74 Å². The van der Waals surface area contributed by atoms with Crippen LogP contribution in [0.15, 0.2) is 35.7 Å². The third-order valence-electron chi connectivity index (χ3n) is 4.30. The number of rotatable bonds is 8. The smallest absolute Gasteiger partial charge is 0.191 e. The molecular weight excluding hydrogens is 330 g/mol. The molecule has 140 valence electrons. The Labute approximate surface area is 154 Å². The van der Waals surface area contributed by atoms with Gasteiger partial charge in [-0.15, -0.1) is 10.2 Å². The number of hydrogen-bond acceptors (Lipinski definition) is 5. The Morgan fingerprint density at radius 2 is 2.35 bits per heavy atom. The number of hydrogen-bond donors (Lipinski definition) is 2. The highest BCUT2D eigenvalue weighted by Gasteiger charge is 2.15. The van der Waals surface area contributed by atoms with Gasteiger partial charge in [-0.3, -0.25) is 4.98 Å². The lowest BCUT2D eigenvalue weighted by Gasteiger charge is -2.16. The first-order valence-corrected chi connectivity index (χ1v) is 9.25. The predicted octanol–water partition coefficient (Wildman–Crippen LogP) is 1.15. The van der Waals surface area contributed by atoms with Gasteiger partial charge in [-0.1, -0.05) is 13.0 Å². The number of aromatic nitrogens is 4. The quantitative estimate of drug-likeness (QED) is 0.544. The lowest BCUT2D eigenvalue weighted by molar-refractivity contribution is 0.114. The SMILES string of the molecule is CCc1nncn1CCNC(=NCc1ccccn1)NCC1CCCO1. The minimum Gasteiger partial charge on any atom is -0.376 e. The van der Waals surface area contributed by atoms with Crippen molar-refractivity contribution in [2.75, 3.05) is 19.7 Å². The highest BCUT2D eigenvalue weighted by atomic mass is 16.5. The van der Waals surface area contributed by atoms with E-state index in [1.54, 1.807) is 12.5 Å². The fraction of sp³-hybridized carbons (Fsp3) is 0.556. The number of nitrogens with one attached hydrogen (secondary N) is 2. The predicted molar refractivity (Wildman–Crippen MR) is 99.8 cm³/mol. The molecular formula is C18H27N7O. The fourth-order valence-electron chi connectivity index (χ4n) is 2.88. The summed E-state index contributed by atoms with van der Waals surface area (Å²) >= 11 is 0. The van der Waals surface area contributed by atoms with E-state index < -0.39 is 0 Å². The van der Waals surface area contributed by atoms with Crippen LogP contribution >= 0.6 is 0 Å². The summed E-state index contributed by atoms with van der Waals surface area (Å²) in [6, 6.07) is 5.86. The summed E-state index contributed by atoms with van der Waals surface area (Å²) in [7, 11) is 0. The summed E-state index contributed by atoms with van der Waals surface area (Å²) in [6.45, 7) is 5.77. The molecule has 3 heterocycles. The molecule has 26 heavy (non-hydrogen) atoms. The van der Waals surface area contributed by atoms with Gasteiger partial charge in [0.25, 0.3) is 0 Å². The van der Waals surface area contributed by atoms with Crippen LogP contribution in [0.3, 0.4) is 0 Å². The minimum absolute atomic E-state index is 0.265. The first kappa shape index (κ1) is 18.3. The number of nitrogens with zero attached hydrogens (tertiary/aromatic N) is 5. The van der Waals surface area contributed by atoms with Crippen LogP contribution in [0.25, 0.3) is 0 Å². The van der Waals surface area contributed by atoms with Gasteiger partial charge in [0.1, 0.15) is 12.2 Å². The van der Waals surface area contributed by atoms with Crippen molar-refractivity contribution >= 4 is 5.96 Å². The molecule has 0 aromatic carbocycles. The Morgan fingerprint density at radius 3 is 3.12 bits per heavy atom. The molecule has 2 N–H and O–H groups in total. The molecule has 0 bridgehead atoms. The van der Waals surface area contributed by atoms with Gasteiger partial charge in [0.15, 0.2) is 5.96 Å². The molecule has 3 rings (SSSR count). The Balaban J connectivity index is 1.54. The lowest BCUT2D eigenvalue weighted by Crippen LogP contribution is -2.42. The summed E-state index contributed by atoms with van der Waals surface area (Å²) in [5, 5.41) is 14.9. The van der Waals surface area contributed by atoms with Gasteiger partial charge >= 0.3 is 0 Å². The molecule has 1 saturated heterocycles. The van der Waals surface area contributed by atoms with Crippen molar-refractivity contribution in [1.82, 2.24) is 30.4 Å². The zero-order chi connectivity index (χ0) is 18.0. The van der Waals surface area contributed by atoms with Gasteiger partial charge in [-0.25, -0.2) is 4.99 Å². The second-order valence-corrected chi connectivity index (χ2v) is 6.22. The second kappa shape index (κ2) is 9.86. The van der Waals surface area contributed by atoms with E-state index in [0.717, 1.165) is 63.0 Å². The van der Waals surface area contributed by atoms with Gasteiger partial charge in [0.05, 0.1) is 18.3 Å². The average Bonchev–Trinajstić information content (AvgIpc) is 3.36. The molecule has 8 heteroatoms. The van der Waals surface area contributed by atoms with E-state index in [2.05, 4.69) is 42.3 Å². The lowest BCUT2D eigenvalue weighted by atomic mass is 10.2. The van der Waals surface area contributed by atoms with Gasteiger partial charge in [0.2, 0.25) is 0 Å². The normalized spacial score (nSPS) is 17.4. The van der Waals surface area contributed by atoms with Gasteiger partial charge in [-0.05, 0) is 25.0 Å². The number of aliphatic imine (C=N–C) groups is 1. The summed E-state index contributed by atoms with van der Waals surface area (Å²) < 4.78 is 7.74. The minimum atomic E-state index is 0.265. The Bertz CT molecular complexity index is 680. The fourth-order valence-corrected chi connectivity index (χ4v) is 2.88. The van der Waals surface area contributed by atoms with Crippen LogP contribution in [0.2, 0.25) is 0 Å². The van der Waals surface area contributed by atoms with Crippen LogP contribution in [0.5, 0.6) is 0 Å². The molecule has 0 radical (unpaired) electrons. The maximum Gasteiger partial charge on any atom is 0.191 e. The summed E-state index contributed by atoms with van der Waals surface area (Å²) in [6.07, 6.45) is 6.93. The van der Waals surface area contributed by atoms with Crippen LogP contribution in [0.1, 0.15) is 31.3 Å². The summed E-state index contributed by atoms with van der Waals surface area (Å²) in [4.78, 5) is 8.98. The molecule has 1 aliphatic heterocycles. The van der Waals surface area contributed by atoms with E-state index >= 15 is 0 Å². The Kier molecular flexibility index (Phi) is 6.95. The van der Waals surface area contributed by atoms with Crippen molar-refractivity contribution in [2.24, 2.45) is 4.99 Å². The molecule has 2 aromatic rings. The molecule has 0 saturated carbocycles. The summed E-state index contributed by atoms with van der Waals surface area (Å²) in [5.74, 6) is 1.77. The highest BCUT2D eigenvalue weighted by molar-refractivity contribution is 5.79. The van der Waals surface area contributed by atoms with Crippen molar-refractivity contribution in [3.05, 3.63) is 42.2 Å². The van der Waals surface area contributed by atoms with Crippen molar-refractivity contribution in [3.8, 4) is 0 Å². The van der Waals surface area contributed by atoms with E-state index in [1.165, 1.54) is 0 Å². The van der Waals surface area contributed by atoms with E-state index in [1.807, 2.05) is 18.2 Å². The van der Waals surface area contributed by atoms with Crippen molar-refractivity contribution in [1.29, 1.82) is 0 Å². The molecule has 1 atom stereocenters. The van der Waals surface area contributed by atoms with Gasteiger partial charge < -0.3 is 19.9 Å². The molecule has 0 amide bonds. The maximum atomic E-state index is 5.68. The standard InChI is InChI=1S/C18H27N7O/c1-2-17-24-23-14-25(17)10-9-20-18(22-13-16-7-5-11-26-16)21-12-15-6-3-4-8-19-15/h3-4,6,8,14,16H,2,5,7,9-13H2,1H3,(H2,20,21,22). The number of pyridine rings is 1. The number of aryl methyl sites for hydroxylation is 1. The topological polar surface area (TPSA) is 89.3 Å². The molecule has 1 unspecified atom stereocenters. The number of guanidine groups is 1. The third kappa shape index (κ3) is 5.52. The van der Waals surface area contributed by atoms with Gasteiger partial charge in [0, 0.05) is 38.9 Å². The molecule has 8 nitrogen and oxygen atoms in total. The molecule has 0 aliphatic carbocycles. The molecule has 1 fully saturated rings. The van der Waals surface area contributed by atoms with Crippen molar-refractivity contribution in [3.63, 3.8) is 0 Å².